The van der Waals surface area contributed by atoms with Gasteiger partial charge in [0.25, 0.3) is 5.56 Å². The summed E-state index contributed by atoms with van der Waals surface area (Å²) in [5.41, 5.74) is 5.89. The highest BCUT2D eigenvalue weighted by Gasteiger charge is 2.23. The van der Waals surface area contributed by atoms with Crippen LogP contribution in [0.2, 0.25) is 0 Å². The van der Waals surface area contributed by atoms with E-state index in [4.69, 9.17) is 5.73 Å². The van der Waals surface area contributed by atoms with Gasteiger partial charge < -0.3 is 10.6 Å². The zero-order valence-electron chi connectivity index (χ0n) is 17.4. The molecule has 1 aromatic heterocycles. The fourth-order valence-electron chi connectivity index (χ4n) is 2.97. The minimum absolute atomic E-state index is 0.0187. The summed E-state index contributed by atoms with van der Waals surface area (Å²) >= 11 is 1.37. The van der Waals surface area contributed by atoms with Crippen molar-refractivity contribution in [2.24, 2.45) is 0 Å². The van der Waals surface area contributed by atoms with Gasteiger partial charge in [0.1, 0.15) is 11.6 Å². The van der Waals surface area contributed by atoms with Crippen LogP contribution in [0, 0.1) is 5.82 Å². The lowest BCUT2D eigenvalue weighted by atomic mass is 10.2. The van der Waals surface area contributed by atoms with E-state index in [9.17, 15) is 18.8 Å². The first-order chi connectivity index (χ1) is 14.4. The van der Waals surface area contributed by atoms with Crippen LogP contribution in [0.3, 0.4) is 0 Å². The lowest BCUT2D eigenvalue weighted by molar-refractivity contribution is -0.116. The summed E-state index contributed by atoms with van der Waals surface area (Å²) < 4.78 is 14.3. The first-order valence-corrected chi connectivity index (χ1v) is 11.3. The van der Waals surface area contributed by atoms with Gasteiger partial charge in [0.15, 0.2) is 5.69 Å². The third kappa shape index (κ3) is 6.22. The van der Waals surface area contributed by atoms with E-state index >= 15 is 0 Å². The monoisotopic (exact) mass is 436 g/mol. The Kier molecular flexibility index (Phi) is 9.16. The number of carbonyl (C=O) groups is 1. The second kappa shape index (κ2) is 11.6. The van der Waals surface area contributed by atoms with Gasteiger partial charge in [-0.05, 0) is 30.5 Å². The molecule has 0 aliphatic carbocycles. The number of halogens is 1. The van der Waals surface area contributed by atoms with Crippen LogP contribution in [0.15, 0.2) is 33.9 Å². The highest BCUT2D eigenvalue weighted by molar-refractivity contribution is 7.99. The van der Waals surface area contributed by atoms with E-state index in [0.29, 0.717) is 25.3 Å². The van der Waals surface area contributed by atoms with Crippen molar-refractivity contribution in [2.45, 2.75) is 51.8 Å². The van der Waals surface area contributed by atoms with Crippen LogP contribution in [0.1, 0.15) is 45.1 Å². The van der Waals surface area contributed by atoms with Crippen LogP contribution in [0.4, 0.5) is 15.9 Å². The van der Waals surface area contributed by atoms with Gasteiger partial charge in [-0.1, -0.05) is 38.8 Å². The molecule has 1 amide bonds. The third-order valence-corrected chi connectivity index (χ3v) is 5.65. The Hall–Kier alpha value is -2.55. The fourth-order valence-corrected chi connectivity index (χ4v) is 3.83. The van der Waals surface area contributed by atoms with E-state index in [1.807, 2.05) is 13.8 Å². The third-order valence-electron chi connectivity index (χ3n) is 4.66. The van der Waals surface area contributed by atoms with Crippen molar-refractivity contribution in [1.29, 1.82) is 0 Å². The van der Waals surface area contributed by atoms with E-state index in [2.05, 4.69) is 4.98 Å². The summed E-state index contributed by atoms with van der Waals surface area (Å²) in [5.74, 6) is 0.126. The van der Waals surface area contributed by atoms with Gasteiger partial charge in [-0.15, -0.1) is 11.8 Å². The number of anilines is 2. The molecule has 3 N–H and O–H groups in total. The molecule has 2 rings (SSSR count). The smallest absolute Gasteiger partial charge is 0.330 e. The largest absolute Gasteiger partial charge is 0.383 e. The number of rotatable bonds is 11. The number of nitrogens with one attached hydrogen (secondary N) is 1. The van der Waals surface area contributed by atoms with Crippen LogP contribution in [-0.4, -0.2) is 27.8 Å². The maximum atomic E-state index is 13.0. The average Bonchev–Trinajstić information content (AvgIpc) is 2.71. The van der Waals surface area contributed by atoms with E-state index in [1.54, 1.807) is 12.1 Å². The molecule has 0 aliphatic heterocycles. The number of aromatic amines is 1. The Labute approximate surface area is 179 Å². The number of nitrogens with zero attached hydrogens (tertiary/aromatic N) is 2. The number of H-pyrrole nitrogens is 1. The Balaban J connectivity index is 2.23. The molecule has 164 valence electrons. The molecule has 0 radical (unpaired) electrons. The maximum Gasteiger partial charge on any atom is 0.330 e. The van der Waals surface area contributed by atoms with Crippen molar-refractivity contribution in [3.05, 3.63) is 56.5 Å². The van der Waals surface area contributed by atoms with E-state index in [-0.39, 0.29) is 29.0 Å². The number of nitrogens with two attached hydrogens (primary N) is 1. The molecule has 9 heteroatoms. The van der Waals surface area contributed by atoms with E-state index in [0.717, 1.165) is 24.8 Å². The molecule has 0 saturated carbocycles. The lowest BCUT2D eigenvalue weighted by Gasteiger charge is -2.24. The molecule has 2 aromatic rings. The molecule has 1 heterocycles. The highest BCUT2D eigenvalue weighted by Crippen LogP contribution is 2.20. The second-order valence-corrected chi connectivity index (χ2v) is 8.00. The normalized spacial score (nSPS) is 10.9. The van der Waals surface area contributed by atoms with Gasteiger partial charge in [-0.3, -0.25) is 19.1 Å². The van der Waals surface area contributed by atoms with Gasteiger partial charge in [0, 0.05) is 18.8 Å². The summed E-state index contributed by atoms with van der Waals surface area (Å²) in [6.07, 6.45) is 3.12. The fraction of sp³-hybridized carbons (Fsp3) is 0.476. The van der Waals surface area contributed by atoms with Crippen molar-refractivity contribution >= 4 is 29.2 Å². The van der Waals surface area contributed by atoms with Crippen LogP contribution < -0.4 is 21.9 Å². The van der Waals surface area contributed by atoms with Crippen LogP contribution in [0.5, 0.6) is 0 Å². The van der Waals surface area contributed by atoms with Gasteiger partial charge in [0.2, 0.25) is 5.91 Å². The number of nitrogen functional groups attached to an aromatic ring is 1. The predicted octanol–water partition coefficient (Wildman–Crippen LogP) is 3.12. The number of unbranched alkanes of at least 4 members (excludes halogenated alkanes) is 2. The summed E-state index contributed by atoms with van der Waals surface area (Å²) in [6, 6.07) is 6.11. The summed E-state index contributed by atoms with van der Waals surface area (Å²) in [7, 11) is 0. The molecule has 7 nitrogen and oxygen atoms in total. The first-order valence-electron chi connectivity index (χ1n) is 10.1. The van der Waals surface area contributed by atoms with Crippen LogP contribution in [0.25, 0.3) is 0 Å². The molecule has 0 saturated heterocycles. The van der Waals surface area contributed by atoms with Gasteiger partial charge in [0.05, 0.1) is 5.75 Å². The SMILES string of the molecule is CCCCN(C(=O)CSCc1ccc(F)cc1)c1c(N)n(CCCC)c(=O)[nH]c1=O. The van der Waals surface area contributed by atoms with E-state index < -0.39 is 11.2 Å². The number of carbonyl (C=O) groups excluding carboxylic acids is 1. The molecular formula is C21H29FN4O3S. The van der Waals surface area contributed by atoms with Gasteiger partial charge >= 0.3 is 5.69 Å². The zero-order valence-corrected chi connectivity index (χ0v) is 18.3. The topological polar surface area (TPSA) is 101 Å². The molecular weight excluding hydrogens is 407 g/mol. The molecule has 0 spiro atoms. The van der Waals surface area contributed by atoms with Crippen LogP contribution >= 0.6 is 11.8 Å². The quantitative estimate of drug-likeness (QED) is 0.564. The average molecular weight is 437 g/mol. The van der Waals surface area contributed by atoms with Gasteiger partial charge in [-0.2, -0.15) is 0 Å². The molecule has 0 aliphatic rings. The Bertz CT molecular complexity index is 956. The molecule has 0 atom stereocenters. The van der Waals surface area contributed by atoms with E-state index in [1.165, 1.54) is 33.4 Å². The lowest BCUT2D eigenvalue weighted by Crippen LogP contribution is -2.42. The van der Waals surface area contributed by atoms with Crippen molar-refractivity contribution in [3.8, 4) is 0 Å². The molecule has 0 fully saturated rings. The number of hydrogen-bond donors (Lipinski definition) is 2. The number of aromatic nitrogens is 2. The molecule has 0 bridgehead atoms. The zero-order chi connectivity index (χ0) is 22.1. The van der Waals surface area contributed by atoms with Crippen molar-refractivity contribution in [3.63, 3.8) is 0 Å². The van der Waals surface area contributed by atoms with Crippen LogP contribution in [-0.2, 0) is 17.1 Å². The molecule has 1 aromatic carbocycles. The van der Waals surface area contributed by atoms with Crippen molar-refractivity contribution < 1.29 is 9.18 Å². The first kappa shape index (κ1) is 23.7. The predicted molar refractivity (Wildman–Crippen MR) is 120 cm³/mol. The molecule has 0 unspecified atom stereocenters. The minimum atomic E-state index is -0.654. The Morgan fingerprint density at radius 1 is 1.17 bits per heavy atom. The summed E-state index contributed by atoms with van der Waals surface area (Å²) in [5, 5.41) is 0. The number of amides is 1. The van der Waals surface area contributed by atoms with Crippen molar-refractivity contribution in [2.75, 3.05) is 22.9 Å². The Morgan fingerprint density at radius 2 is 1.83 bits per heavy atom. The standard InChI is InChI=1S/C21H29FN4O3S/c1-3-5-11-25(17(27)14-30-13-15-7-9-16(22)10-8-15)18-19(23)26(12-6-4-2)21(29)24-20(18)28/h7-10H,3-6,11-14,23H2,1-2H3,(H,24,28,29). The number of benzene rings is 1. The summed E-state index contributed by atoms with van der Waals surface area (Å²) in [4.78, 5) is 41.3. The van der Waals surface area contributed by atoms with Crippen molar-refractivity contribution in [1.82, 2.24) is 9.55 Å². The number of hydrogen-bond acceptors (Lipinski definition) is 5. The molecule has 30 heavy (non-hydrogen) atoms. The van der Waals surface area contributed by atoms with Gasteiger partial charge in [-0.25, -0.2) is 9.18 Å². The number of thioether (sulfide) groups is 1. The minimum Gasteiger partial charge on any atom is -0.383 e. The second-order valence-electron chi connectivity index (χ2n) is 7.02. The summed E-state index contributed by atoms with van der Waals surface area (Å²) in [6.45, 7) is 4.69. The Morgan fingerprint density at radius 3 is 2.47 bits per heavy atom. The highest BCUT2D eigenvalue weighted by atomic mass is 32.2. The maximum absolute atomic E-state index is 13.0.